The van der Waals surface area contributed by atoms with Crippen LogP contribution in [0.5, 0.6) is 23.0 Å². The first kappa shape index (κ1) is 37.3. The molecule has 2 atom stereocenters. The molecule has 4 nitrogen and oxygen atoms in total. The third-order valence-electron chi connectivity index (χ3n) is 10.0. The molecule has 0 spiro atoms. The Morgan fingerprint density at radius 1 is 0.420 bits per heavy atom. The first-order chi connectivity index (χ1) is 23.6. The van der Waals surface area contributed by atoms with Crippen LogP contribution in [-0.2, 0) is 10.8 Å². The van der Waals surface area contributed by atoms with Gasteiger partial charge in [-0.3, -0.25) is 0 Å². The van der Waals surface area contributed by atoms with E-state index in [1.54, 1.807) is 0 Å². The van der Waals surface area contributed by atoms with Crippen molar-refractivity contribution in [2.45, 2.75) is 93.9 Å². The van der Waals surface area contributed by atoms with Gasteiger partial charge in [-0.05, 0) is 95.2 Å². The van der Waals surface area contributed by atoms with Crippen LogP contribution in [0.25, 0.3) is 11.1 Å². The fourth-order valence-electron chi connectivity index (χ4n) is 7.17. The van der Waals surface area contributed by atoms with Crippen LogP contribution in [0.4, 0.5) is 0 Å². The number of rotatable bonds is 14. The van der Waals surface area contributed by atoms with E-state index in [9.17, 15) is 0 Å². The van der Waals surface area contributed by atoms with Gasteiger partial charge in [0, 0.05) is 10.8 Å². The van der Waals surface area contributed by atoms with E-state index in [1.807, 2.05) is 0 Å². The fourth-order valence-corrected chi connectivity index (χ4v) is 7.17. The van der Waals surface area contributed by atoms with Gasteiger partial charge in [-0.25, -0.2) is 0 Å². The second kappa shape index (κ2) is 15.1. The number of aryl methyl sites for hydroxylation is 2. The monoisotopic (exact) mass is 676 g/mol. The molecule has 0 heterocycles. The van der Waals surface area contributed by atoms with E-state index in [1.165, 1.54) is 44.5 Å². The maximum absolute atomic E-state index is 6.56. The van der Waals surface area contributed by atoms with Crippen molar-refractivity contribution in [2.24, 2.45) is 23.7 Å². The second-order valence-electron chi connectivity index (χ2n) is 16.5. The number of hydrogen-bond acceptors (Lipinski definition) is 4. The molecular weight excluding hydrogens is 617 g/mol. The molecule has 0 bridgehead atoms. The predicted molar refractivity (Wildman–Crippen MR) is 208 cm³/mol. The molecule has 2 unspecified atom stereocenters. The van der Waals surface area contributed by atoms with Gasteiger partial charge >= 0.3 is 0 Å². The summed E-state index contributed by atoms with van der Waals surface area (Å²) in [5.74, 6) is 4.74. The molecule has 268 valence electrons. The van der Waals surface area contributed by atoms with Crippen molar-refractivity contribution in [3.05, 3.63) is 106 Å². The summed E-state index contributed by atoms with van der Waals surface area (Å²) in [7, 11) is 0. The van der Waals surface area contributed by atoms with Gasteiger partial charge in [0.05, 0.1) is 26.4 Å². The summed E-state index contributed by atoms with van der Waals surface area (Å²) in [6.45, 7) is 29.2. The van der Waals surface area contributed by atoms with Gasteiger partial charge < -0.3 is 18.9 Å². The highest BCUT2D eigenvalue weighted by atomic mass is 16.5. The zero-order valence-electron chi connectivity index (χ0n) is 32.7. The average molecular weight is 677 g/mol. The van der Waals surface area contributed by atoms with Gasteiger partial charge in [-0.1, -0.05) is 129 Å². The SMILES string of the molecule is Cc1ccc2c(c1)C(C)(c1ccc(OCC(C)C)c(OCC(C)C)c1)C(C)(c1ccc(OCC(C)C)c(OCC(C)C)c1)c1cc(C)ccc1-2. The smallest absolute Gasteiger partial charge is 0.161 e. The minimum absolute atomic E-state index is 0.381. The molecule has 0 aromatic heterocycles. The van der Waals surface area contributed by atoms with E-state index in [0.29, 0.717) is 50.1 Å². The second-order valence-corrected chi connectivity index (χ2v) is 16.5. The van der Waals surface area contributed by atoms with Gasteiger partial charge in [0.15, 0.2) is 23.0 Å². The molecule has 0 fully saturated rings. The van der Waals surface area contributed by atoms with Gasteiger partial charge in [0.1, 0.15) is 0 Å². The number of hydrogen-bond donors (Lipinski definition) is 0. The highest BCUT2D eigenvalue weighted by Crippen LogP contribution is 2.61. The van der Waals surface area contributed by atoms with Crippen molar-refractivity contribution in [1.29, 1.82) is 0 Å². The Morgan fingerprint density at radius 2 is 0.740 bits per heavy atom. The van der Waals surface area contributed by atoms with E-state index in [-0.39, 0.29) is 0 Å². The standard InChI is InChI=1S/C46H60O4/c1-29(2)25-47-41-19-15-35(23-43(41)49-27-31(5)6)45(11)39-21-33(9)13-17-37(39)38-18-14-34(10)22-40(38)46(45,12)36-16-20-42(48-26-30(3)4)44(24-36)50-28-32(7)8/h13-24,29-32H,25-28H2,1-12H3. The summed E-state index contributed by atoms with van der Waals surface area (Å²) in [6.07, 6.45) is 0. The number of fused-ring (bicyclic) bond motifs is 3. The largest absolute Gasteiger partial charge is 0.489 e. The average Bonchev–Trinajstić information content (AvgIpc) is 3.07. The molecule has 50 heavy (non-hydrogen) atoms. The number of ether oxygens (including phenoxy) is 4. The molecular formula is C46H60O4. The number of benzene rings is 4. The summed E-state index contributed by atoms with van der Waals surface area (Å²) in [5.41, 5.74) is 8.93. The molecule has 4 heteroatoms. The van der Waals surface area contributed by atoms with Gasteiger partial charge in [0.2, 0.25) is 0 Å². The van der Waals surface area contributed by atoms with Gasteiger partial charge in [-0.15, -0.1) is 0 Å². The lowest BCUT2D eigenvalue weighted by atomic mass is 9.49. The molecule has 0 radical (unpaired) electrons. The minimum Gasteiger partial charge on any atom is -0.489 e. The summed E-state index contributed by atoms with van der Waals surface area (Å²) in [5, 5.41) is 0. The molecule has 0 aliphatic heterocycles. The highest BCUT2D eigenvalue weighted by molar-refractivity contribution is 5.82. The Kier molecular flexibility index (Phi) is 11.3. The van der Waals surface area contributed by atoms with Crippen LogP contribution in [0.15, 0.2) is 72.8 Å². The first-order valence-corrected chi connectivity index (χ1v) is 18.7. The Labute approximate surface area is 302 Å². The van der Waals surface area contributed by atoms with Crippen LogP contribution in [-0.4, -0.2) is 26.4 Å². The van der Waals surface area contributed by atoms with E-state index in [4.69, 9.17) is 18.9 Å². The van der Waals surface area contributed by atoms with E-state index >= 15 is 0 Å². The van der Waals surface area contributed by atoms with Crippen molar-refractivity contribution >= 4 is 0 Å². The third kappa shape index (κ3) is 7.41. The zero-order valence-corrected chi connectivity index (χ0v) is 32.7. The van der Waals surface area contributed by atoms with Crippen LogP contribution < -0.4 is 18.9 Å². The Bertz CT molecular complexity index is 1650. The van der Waals surface area contributed by atoms with Crippen LogP contribution in [0.3, 0.4) is 0 Å². The normalized spacial score (nSPS) is 18.4. The molecule has 0 saturated heterocycles. The van der Waals surface area contributed by atoms with Crippen LogP contribution in [0.2, 0.25) is 0 Å². The molecule has 0 N–H and O–H groups in total. The van der Waals surface area contributed by atoms with Crippen molar-refractivity contribution in [2.75, 3.05) is 26.4 Å². The molecule has 1 aliphatic carbocycles. The Morgan fingerprint density at radius 3 is 1.06 bits per heavy atom. The molecule has 0 amide bonds. The molecule has 5 rings (SSSR count). The third-order valence-corrected chi connectivity index (χ3v) is 10.0. The molecule has 1 aliphatic rings. The molecule has 4 aromatic carbocycles. The van der Waals surface area contributed by atoms with Crippen LogP contribution in [0.1, 0.15) is 103 Å². The van der Waals surface area contributed by atoms with Gasteiger partial charge in [0.25, 0.3) is 0 Å². The van der Waals surface area contributed by atoms with Crippen molar-refractivity contribution in [3.8, 4) is 34.1 Å². The maximum Gasteiger partial charge on any atom is 0.161 e. The predicted octanol–water partition coefficient (Wildman–Crippen LogP) is 11.7. The lowest BCUT2D eigenvalue weighted by Gasteiger charge is -2.53. The lowest BCUT2D eigenvalue weighted by Crippen LogP contribution is -2.49. The topological polar surface area (TPSA) is 36.9 Å². The van der Waals surface area contributed by atoms with Gasteiger partial charge in [-0.2, -0.15) is 0 Å². The van der Waals surface area contributed by atoms with E-state index in [0.717, 1.165) is 23.0 Å². The quantitative estimate of drug-likeness (QED) is 0.133. The van der Waals surface area contributed by atoms with E-state index < -0.39 is 10.8 Å². The first-order valence-electron chi connectivity index (χ1n) is 18.7. The maximum atomic E-state index is 6.56. The summed E-state index contributed by atoms with van der Waals surface area (Å²) >= 11 is 0. The highest BCUT2D eigenvalue weighted by Gasteiger charge is 2.54. The Hall–Kier alpha value is -3.92. The summed E-state index contributed by atoms with van der Waals surface area (Å²) in [4.78, 5) is 0. The van der Waals surface area contributed by atoms with Crippen molar-refractivity contribution in [1.82, 2.24) is 0 Å². The zero-order chi connectivity index (χ0) is 36.4. The van der Waals surface area contributed by atoms with Crippen LogP contribution >= 0.6 is 0 Å². The van der Waals surface area contributed by atoms with Crippen molar-refractivity contribution < 1.29 is 18.9 Å². The minimum atomic E-state index is -0.517. The summed E-state index contributed by atoms with van der Waals surface area (Å²) < 4.78 is 25.8. The van der Waals surface area contributed by atoms with E-state index in [2.05, 4.69) is 156 Å². The van der Waals surface area contributed by atoms with Crippen LogP contribution in [0, 0.1) is 37.5 Å². The lowest BCUT2D eigenvalue weighted by molar-refractivity contribution is 0.227. The summed E-state index contributed by atoms with van der Waals surface area (Å²) in [6, 6.07) is 27.2. The fraction of sp³-hybridized carbons (Fsp3) is 0.478. The molecule has 0 saturated carbocycles. The van der Waals surface area contributed by atoms with Crippen molar-refractivity contribution in [3.63, 3.8) is 0 Å². The Balaban J connectivity index is 1.82. The molecule has 4 aromatic rings.